The standard InChI is InChI=1S/C20H22N6O2S2/c1-13-18(14(2)24(3)23-13)30(27,28)25-9-6-16(11-25)26-19(15-7-10-29-12-15)22-17-5-4-8-21-20(17)26/h4-5,7-8,10,12,16H,6,9,11H2,1-3H3/t16-/m1/s1. The van der Waals surface area contributed by atoms with Gasteiger partial charge in [-0.1, -0.05) is 0 Å². The van der Waals surface area contributed by atoms with Gasteiger partial charge in [-0.3, -0.25) is 4.68 Å². The zero-order chi connectivity index (χ0) is 21.0. The van der Waals surface area contributed by atoms with E-state index >= 15 is 0 Å². The van der Waals surface area contributed by atoms with Gasteiger partial charge in [0.25, 0.3) is 0 Å². The predicted molar refractivity (Wildman–Crippen MR) is 116 cm³/mol. The van der Waals surface area contributed by atoms with E-state index < -0.39 is 10.0 Å². The Kier molecular flexibility index (Phi) is 4.53. The second-order valence-corrected chi connectivity index (χ2v) is 10.2. The first-order chi connectivity index (χ1) is 14.4. The van der Waals surface area contributed by atoms with Crippen LogP contribution in [0, 0.1) is 13.8 Å². The van der Waals surface area contributed by atoms with E-state index in [1.807, 2.05) is 23.6 Å². The van der Waals surface area contributed by atoms with Crippen LogP contribution in [0.4, 0.5) is 0 Å². The van der Waals surface area contributed by atoms with E-state index in [0.29, 0.717) is 35.8 Å². The lowest BCUT2D eigenvalue weighted by Gasteiger charge is -2.19. The van der Waals surface area contributed by atoms with Crippen LogP contribution in [0.2, 0.25) is 0 Å². The largest absolute Gasteiger partial charge is 0.304 e. The van der Waals surface area contributed by atoms with Crippen LogP contribution in [-0.2, 0) is 17.1 Å². The molecule has 0 amide bonds. The molecule has 10 heteroatoms. The van der Waals surface area contributed by atoms with Crippen LogP contribution in [0.25, 0.3) is 22.6 Å². The van der Waals surface area contributed by atoms with Gasteiger partial charge < -0.3 is 4.57 Å². The van der Waals surface area contributed by atoms with Crippen LogP contribution in [0.15, 0.2) is 40.1 Å². The molecule has 30 heavy (non-hydrogen) atoms. The molecule has 8 nitrogen and oxygen atoms in total. The fourth-order valence-corrected chi connectivity index (χ4v) is 6.79. The van der Waals surface area contributed by atoms with Gasteiger partial charge in [0.1, 0.15) is 16.2 Å². The second-order valence-electron chi connectivity index (χ2n) is 7.59. The van der Waals surface area contributed by atoms with E-state index in [4.69, 9.17) is 4.98 Å². The number of sulfonamides is 1. The summed E-state index contributed by atoms with van der Waals surface area (Å²) < 4.78 is 32.1. The average Bonchev–Trinajstić information content (AvgIpc) is 3.47. The Morgan fingerprint density at radius 1 is 1.23 bits per heavy atom. The third-order valence-corrected chi connectivity index (χ3v) is 8.56. The van der Waals surface area contributed by atoms with Crippen LogP contribution in [0.5, 0.6) is 0 Å². The van der Waals surface area contributed by atoms with E-state index in [1.165, 1.54) is 0 Å². The highest BCUT2D eigenvalue weighted by Gasteiger charge is 2.37. The number of rotatable bonds is 4. The molecule has 0 saturated carbocycles. The quantitative estimate of drug-likeness (QED) is 0.485. The van der Waals surface area contributed by atoms with E-state index in [-0.39, 0.29) is 6.04 Å². The topological polar surface area (TPSA) is 85.9 Å². The number of nitrogens with zero attached hydrogens (tertiary/aromatic N) is 6. The molecule has 0 bridgehead atoms. The molecule has 1 atom stereocenters. The monoisotopic (exact) mass is 442 g/mol. The van der Waals surface area contributed by atoms with E-state index in [9.17, 15) is 8.42 Å². The Bertz CT molecular complexity index is 1340. The van der Waals surface area contributed by atoms with Crippen molar-refractivity contribution >= 4 is 32.5 Å². The zero-order valence-corrected chi connectivity index (χ0v) is 18.6. The molecule has 0 spiro atoms. The molecule has 1 aliphatic heterocycles. The lowest BCUT2D eigenvalue weighted by atomic mass is 10.2. The van der Waals surface area contributed by atoms with Crippen molar-refractivity contribution in [2.24, 2.45) is 7.05 Å². The van der Waals surface area contributed by atoms with E-state index in [1.54, 1.807) is 47.4 Å². The molecule has 1 fully saturated rings. The van der Waals surface area contributed by atoms with Crippen LogP contribution in [0.1, 0.15) is 23.9 Å². The Morgan fingerprint density at radius 2 is 2.07 bits per heavy atom. The molecular formula is C20H22N6O2S2. The molecule has 0 unspecified atom stereocenters. The first-order valence-electron chi connectivity index (χ1n) is 9.74. The fourth-order valence-electron chi connectivity index (χ4n) is 4.27. The molecular weight excluding hydrogens is 420 g/mol. The average molecular weight is 443 g/mol. The van der Waals surface area contributed by atoms with Crippen molar-refractivity contribution in [3.05, 3.63) is 46.5 Å². The first kappa shape index (κ1) is 19.4. The van der Waals surface area contributed by atoms with Crippen molar-refractivity contribution in [2.45, 2.75) is 31.2 Å². The van der Waals surface area contributed by atoms with Gasteiger partial charge in [-0.25, -0.2) is 18.4 Å². The van der Waals surface area contributed by atoms with Gasteiger partial charge in [-0.15, -0.1) is 0 Å². The molecule has 1 aliphatic rings. The normalized spacial score (nSPS) is 17.9. The van der Waals surface area contributed by atoms with Gasteiger partial charge in [-0.2, -0.15) is 20.7 Å². The van der Waals surface area contributed by atoms with Crippen molar-refractivity contribution in [1.29, 1.82) is 0 Å². The molecule has 5 rings (SSSR count). The summed E-state index contributed by atoms with van der Waals surface area (Å²) in [5, 5.41) is 8.37. The number of fused-ring (bicyclic) bond motifs is 1. The molecule has 1 saturated heterocycles. The summed E-state index contributed by atoms with van der Waals surface area (Å²) in [4.78, 5) is 9.68. The summed E-state index contributed by atoms with van der Waals surface area (Å²) in [6.45, 7) is 4.38. The molecule has 0 aliphatic carbocycles. The smallest absolute Gasteiger partial charge is 0.246 e. The summed E-state index contributed by atoms with van der Waals surface area (Å²) >= 11 is 1.61. The third kappa shape index (κ3) is 2.90. The number of aromatic nitrogens is 5. The Hall–Kier alpha value is -2.56. The SMILES string of the molecule is Cc1nn(C)c(C)c1S(=O)(=O)N1CC[C@@H](n2c(-c3ccsc3)nc3cccnc32)C1. The van der Waals surface area contributed by atoms with E-state index in [0.717, 1.165) is 22.6 Å². The number of hydrogen-bond donors (Lipinski definition) is 0. The Balaban J connectivity index is 1.55. The molecule has 5 heterocycles. The third-order valence-electron chi connectivity index (χ3n) is 5.76. The van der Waals surface area contributed by atoms with Crippen LogP contribution in [-0.4, -0.2) is 50.1 Å². The minimum absolute atomic E-state index is 0.0353. The molecule has 0 aromatic carbocycles. The van der Waals surface area contributed by atoms with Crippen molar-refractivity contribution in [2.75, 3.05) is 13.1 Å². The van der Waals surface area contributed by atoms with Crippen LogP contribution >= 0.6 is 11.3 Å². The van der Waals surface area contributed by atoms with Crippen molar-refractivity contribution in [3.8, 4) is 11.4 Å². The maximum atomic E-state index is 13.4. The molecule has 0 N–H and O–H groups in total. The number of pyridine rings is 1. The highest BCUT2D eigenvalue weighted by molar-refractivity contribution is 7.89. The van der Waals surface area contributed by atoms with Crippen LogP contribution < -0.4 is 0 Å². The molecule has 4 aromatic rings. The van der Waals surface area contributed by atoms with Crippen molar-refractivity contribution in [1.82, 2.24) is 28.6 Å². The van der Waals surface area contributed by atoms with Gasteiger partial charge in [-0.05, 0) is 43.8 Å². The van der Waals surface area contributed by atoms with Gasteiger partial charge in [0.15, 0.2) is 5.65 Å². The number of hydrogen-bond acceptors (Lipinski definition) is 6. The summed E-state index contributed by atoms with van der Waals surface area (Å²) in [6, 6.07) is 5.82. The number of imidazole rings is 1. The minimum atomic E-state index is -3.63. The highest BCUT2D eigenvalue weighted by atomic mass is 32.2. The van der Waals surface area contributed by atoms with Crippen molar-refractivity contribution in [3.63, 3.8) is 0 Å². The molecule has 156 valence electrons. The lowest BCUT2D eigenvalue weighted by molar-refractivity contribution is 0.454. The maximum absolute atomic E-state index is 13.4. The van der Waals surface area contributed by atoms with Gasteiger partial charge in [0.2, 0.25) is 10.0 Å². The molecule has 0 radical (unpaired) electrons. The minimum Gasteiger partial charge on any atom is -0.304 e. The first-order valence-corrected chi connectivity index (χ1v) is 12.1. The number of aryl methyl sites for hydroxylation is 2. The summed E-state index contributed by atoms with van der Waals surface area (Å²) in [7, 11) is -1.86. The lowest BCUT2D eigenvalue weighted by Crippen LogP contribution is -2.30. The van der Waals surface area contributed by atoms with Crippen LogP contribution in [0.3, 0.4) is 0 Å². The van der Waals surface area contributed by atoms with Gasteiger partial charge >= 0.3 is 0 Å². The number of thiophene rings is 1. The summed E-state index contributed by atoms with van der Waals surface area (Å²) in [5.41, 5.74) is 3.82. The van der Waals surface area contributed by atoms with Gasteiger partial charge in [0.05, 0.1) is 17.4 Å². The Morgan fingerprint density at radius 3 is 2.77 bits per heavy atom. The fraction of sp³-hybridized carbons (Fsp3) is 0.350. The highest BCUT2D eigenvalue weighted by Crippen LogP contribution is 2.35. The van der Waals surface area contributed by atoms with Gasteiger partial charge in [0, 0.05) is 37.3 Å². The second kappa shape index (κ2) is 7.00. The summed E-state index contributed by atoms with van der Waals surface area (Å²) in [6.07, 6.45) is 2.46. The van der Waals surface area contributed by atoms with Crippen molar-refractivity contribution < 1.29 is 8.42 Å². The molecule has 4 aromatic heterocycles. The van der Waals surface area contributed by atoms with E-state index in [2.05, 4.69) is 20.0 Å². The predicted octanol–water partition coefficient (Wildman–Crippen LogP) is 3.15. The maximum Gasteiger partial charge on any atom is 0.246 e. The zero-order valence-electron chi connectivity index (χ0n) is 17.0. The Labute approximate surface area is 178 Å². The summed E-state index contributed by atoms with van der Waals surface area (Å²) in [5.74, 6) is 0.836.